The summed E-state index contributed by atoms with van der Waals surface area (Å²) in [5.41, 5.74) is 1.39. The Hall–Kier alpha value is -0.860. The molecule has 0 amide bonds. The van der Waals surface area contributed by atoms with E-state index in [0.29, 0.717) is 12.1 Å². The van der Waals surface area contributed by atoms with Crippen LogP contribution in [0.5, 0.6) is 0 Å². The Morgan fingerprint density at radius 1 is 1.25 bits per heavy atom. The van der Waals surface area contributed by atoms with Crippen LogP contribution in [0.4, 0.5) is 0 Å². The molecule has 1 heterocycles. The van der Waals surface area contributed by atoms with Crippen molar-refractivity contribution >= 4 is 0 Å². The molecule has 2 rings (SSSR count). The number of methoxy groups -OCH3 is 1. The summed E-state index contributed by atoms with van der Waals surface area (Å²) >= 11 is 0. The topological polar surface area (TPSA) is 21.3 Å². The highest BCUT2D eigenvalue weighted by Crippen LogP contribution is 2.16. The van der Waals surface area contributed by atoms with E-state index < -0.39 is 0 Å². The minimum atomic E-state index is 0.364. The molecule has 1 saturated heterocycles. The van der Waals surface area contributed by atoms with Gasteiger partial charge >= 0.3 is 0 Å². The lowest BCUT2D eigenvalue weighted by atomic mass is 9.99. The van der Waals surface area contributed by atoms with Gasteiger partial charge in [-0.15, -0.1) is 0 Å². The van der Waals surface area contributed by atoms with Gasteiger partial charge in [-0.05, 0) is 37.8 Å². The molecule has 1 aromatic rings. The normalized spacial score (nSPS) is 26.3. The maximum Gasteiger partial charge on any atom is 0.0727 e. The highest BCUT2D eigenvalue weighted by atomic mass is 16.5. The van der Waals surface area contributed by atoms with E-state index in [-0.39, 0.29) is 0 Å². The molecule has 1 aromatic carbocycles. The molecule has 2 heteroatoms. The van der Waals surface area contributed by atoms with E-state index in [1.54, 1.807) is 0 Å². The van der Waals surface area contributed by atoms with Crippen LogP contribution in [0.1, 0.15) is 24.8 Å². The SMILES string of the molecule is CO[C@@H]1CCCCN[C@H]1Cc1ccccc1. The molecule has 1 aliphatic rings. The van der Waals surface area contributed by atoms with Crippen LogP contribution in [0, 0.1) is 0 Å². The first-order valence-corrected chi connectivity index (χ1v) is 6.20. The van der Waals surface area contributed by atoms with Gasteiger partial charge in [0.15, 0.2) is 0 Å². The van der Waals surface area contributed by atoms with Crippen molar-refractivity contribution in [3.05, 3.63) is 35.9 Å². The first-order chi connectivity index (χ1) is 7.90. The fourth-order valence-electron chi connectivity index (χ4n) is 2.44. The Balaban J connectivity index is 2.00. The molecule has 2 atom stereocenters. The molecule has 0 aliphatic carbocycles. The van der Waals surface area contributed by atoms with E-state index in [4.69, 9.17) is 4.74 Å². The molecule has 0 unspecified atom stereocenters. The maximum atomic E-state index is 5.59. The van der Waals surface area contributed by atoms with Crippen LogP contribution in [-0.2, 0) is 11.2 Å². The van der Waals surface area contributed by atoms with Crippen molar-refractivity contribution in [2.75, 3.05) is 13.7 Å². The summed E-state index contributed by atoms with van der Waals surface area (Å²) in [5, 5.41) is 3.61. The summed E-state index contributed by atoms with van der Waals surface area (Å²) in [6, 6.07) is 11.1. The molecular weight excluding hydrogens is 198 g/mol. The molecule has 0 bridgehead atoms. The lowest BCUT2D eigenvalue weighted by molar-refractivity contribution is 0.0671. The standard InChI is InChI=1S/C14H21NO/c1-16-14-9-5-6-10-15-13(14)11-12-7-3-2-4-8-12/h2-4,7-8,13-15H,5-6,9-11H2,1H3/t13-,14+/m0/s1. The summed E-state index contributed by atoms with van der Waals surface area (Å²) in [4.78, 5) is 0. The third-order valence-corrected chi connectivity index (χ3v) is 3.37. The van der Waals surface area contributed by atoms with Crippen LogP contribution >= 0.6 is 0 Å². The molecular formula is C14H21NO. The van der Waals surface area contributed by atoms with E-state index in [9.17, 15) is 0 Å². The molecule has 0 spiro atoms. The van der Waals surface area contributed by atoms with Crippen molar-refractivity contribution in [1.82, 2.24) is 5.32 Å². The average Bonchev–Trinajstić information content (AvgIpc) is 2.55. The summed E-state index contributed by atoms with van der Waals surface area (Å²) in [6.07, 6.45) is 5.16. The van der Waals surface area contributed by atoms with Crippen LogP contribution < -0.4 is 5.32 Å². The number of hydrogen-bond acceptors (Lipinski definition) is 2. The Kier molecular flexibility index (Phi) is 4.37. The second kappa shape index (κ2) is 6.02. The van der Waals surface area contributed by atoms with Crippen LogP contribution in [0.25, 0.3) is 0 Å². The Morgan fingerprint density at radius 3 is 2.81 bits per heavy atom. The van der Waals surface area contributed by atoms with Gasteiger partial charge in [-0.1, -0.05) is 30.3 Å². The zero-order chi connectivity index (χ0) is 11.2. The second-order valence-corrected chi connectivity index (χ2v) is 4.52. The van der Waals surface area contributed by atoms with Gasteiger partial charge in [-0.25, -0.2) is 0 Å². The minimum Gasteiger partial charge on any atom is -0.380 e. The zero-order valence-electron chi connectivity index (χ0n) is 9.99. The van der Waals surface area contributed by atoms with Gasteiger partial charge < -0.3 is 10.1 Å². The van der Waals surface area contributed by atoms with Crippen molar-refractivity contribution in [2.24, 2.45) is 0 Å². The van der Waals surface area contributed by atoms with E-state index in [1.165, 1.54) is 24.8 Å². The molecule has 1 fully saturated rings. The predicted molar refractivity (Wildman–Crippen MR) is 66.6 cm³/mol. The molecule has 88 valence electrons. The number of ether oxygens (including phenoxy) is 1. The lowest BCUT2D eigenvalue weighted by Crippen LogP contribution is -2.41. The van der Waals surface area contributed by atoms with Gasteiger partial charge in [0.2, 0.25) is 0 Å². The van der Waals surface area contributed by atoms with E-state index in [1.807, 2.05) is 7.11 Å². The Labute approximate surface area is 98.0 Å². The van der Waals surface area contributed by atoms with Crippen LogP contribution in [0.3, 0.4) is 0 Å². The molecule has 0 radical (unpaired) electrons. The smallest absolute Gasteiger partial charge is 0.0727 e. The highest BCUT2D eigenvalue weighted by molar-refractivity contribution is 5.16. The number of rotatable bonds is 3. The van der Waals surface area contributed by atoms with Crippen LogP contribution in [0.15, 0.2) is 30.3 Å². The van der Waals surface area contributed by atoms with Crippen molar-refractivity contribution < 1.29 is 4.74 Å². The molecule has 0 saturated carbocycles. The number of benzene rings is 1. The molecule has 1 N–H and O–H groups in total. The largest absolute Gasteiger partial charge is 0.380 e. The van der Waals surface area contributed by atoms with Gasteiger partial charge in [0.1, 0.15) is 0 Å². The molecule has 0 aromatic heterocycles. The summed E-state index contributed by atoms with van der Waals surface area (Å²) < 4.78 is 5.59. The molecule has 16 heavy (non-hydrogen) atoms. The zero-order valence-corrected chi connectivity index (χ0v) is 9.99. The van der Waals surface area contributed by atoms with Gasteiger partial charge in [-0.3, -0.25) is 0 Å². The highest BCUT2D eigenvalue weighted by Gasteiger charge is 2.22. The van der Waals surface area contributed by atoms with Crippen LogP contribution in [-0.4, -0.2) is 25.8 Å². The van der Waals surface area contributed by atoms with Gasteiger partial charge in [0, 0.05) is 13.2 Å². The quantitative estimate of drug-likeness (QED) is 0.843. The second-order valence-electron chi connectivity index (χ2n) is 4.52. The summed E-state index contributed by atoms with van der Waals surface area (Å²) in [7, 11) is 1.83. The maximum absolute atomic E-state index is 5.59. The first-order valence-electron chi connectivity index (χ1n) is 6.20. The average molecular weight is 219 g/mol. The van der Waals surface area contributed by atoms with Crippen molar-refractivity contribution in [2.45, 2.75) is 37.8 Å². The van der Waals surface area contributed by atoms with Crippen molar-refractivity contribution in [1.29, 1.82) is 0 Å². The molecule has 1 aliphatic heterocycles. The van der Waals surface area contributed by atoms with Crippen molar-refractivity contribution in [3.63, 3.8) is 0 Å². The fraction of sp³-hybridized carbons (Fsp3) is 0.571. The lowest BCUT2D eigenvalue weighted by Gasteiger charge is -2.24. The van der Waals surface area contributed by atoms with Gasteiger partial charge in [-0.2, -0.15) is 0 Å². The van der Waals surface area contributed by atoms with E-state index in [2.05, 4.69) is 35.6 Å². The molecule has 2 nitrogen and oxygen atoms in total. The first kappa shape index (κ1) is 11.6. The third kappa shape index (κ3) is 3.06. The third-order valence-electron chi connectivity index (χ3n) is 3.37. The predicted octanol–water partition coefficient (Wildman–Crippen LogP) is 2.39. The van der Waals surface area contributed by atoms with Gasteiger partial charge in [0.25, 0.3) is 0 Å². The summed E-state index contributed by atoms with van der Waals surface area (Å²) in [5.74, 6) is 0. The Morgan fingerprint density at radius 2 is 2.06 bits per heavy atom. The number of hydrogen-bond donors (Lipinski definition) is 1. The fourth-order valence-corrected chi connectivity index (χ4v) is 2.44. The van der Waals surface area contributed by atoms with Crippen molar-refractivity contribution in [3.8, 4) is 0 Å². The van der Waals surface area contributed by atoms with Gasteiger partial charge in [0.05, 0.1) is 6.10 Å². The van der Waals surface area contributed by atoms with Crippen LogP contribution in [0.2, 0.25) is 0 Å². The summed E-state index contributed by atoms with van der Waals surface area (Å²) in [6.45, 7) is 1.12. The Bertz CT molecular complexity index is 299. The van der Waals surface area contributed by atoms with E-state index in [0.717, 1.165) is 13.0 Å². The minimum absolute atomic E-state index is 0.364. The monoisotopic (exact) mass is 219 g/mol. The van der Waals surface area contributed by atoms with E-state index >= 15 is 0 Å². The number of nitrogens with one attached hydrogen (secondary N) is 1.